The van der Waals surface area contributed by atoms with Crippen LogP contribution < -0.4 is 5.32 Å². The minimum absolute atomic E-state index is 0.0542. The highest BCUT2D eigenvalue weighted by molar-refractivity contribution is 8.00. The van der Waals surface area contributed by atoms with Crippen LogP contribution >= 0.6 is 11.8 Å². The van der Waals surface area contributed by atoms with E-state index in [4.69, 9.17) is 0 Å². The molecule has 0 radical (unpaired) electrons. The Morgan fingerprint density at radius 1 is 1.09 bits per heavy atom. The number of nitrogens with zero attached hydrogens (tertiary/aromatic N) is 2. The molecule has 0 fully saturated rings. The molecule has 1 amide bonds. The molecule has 6 heteroatoms. The van der Waals surface area contributed by atoms with Gasteiger partial charge in [0.1, 0.15) is 11.6 Å². The fraction of sp³-hybridized carbons (Fsp3) is 0.118. The van der Waals surface area contributed by atoms with E-state index in [9.17, 15) is 4.79 Å². The van der Waals surface area contributed by atoms with Crippen molar-refractivity contribution in [2.45, 2.75) is 17.0 Å². The highest BCUT2D eigenvalue weighted by Gasteiger charge is 2.22. The Morgan fingerprint density at radius 3 is 2.43 bits per heavy atom. The molecule has 0 saturated heterocycles. The number of nitrogens with one attached hydrogen (secondary N) is 2. The first-order chi connectivity index (χ1) is 11.3. The Labute approximate surface area is 138 Å². The molecule has 0 aliphatic carbocycles. The van der Waals surface area contributed by atoms with Gasteiger partial charge in [0.2, 0.25) is 5.91 Å². The highest BCUT2D eigenvalue weighted by Crippen LogP contribution is 2.33. The summed E-state index contributed by atoms with van der Waals surface area (Å²) < 4.78 is 0. The number of H-pyrrole nitrogens is 1. The van der Waals surface area contributed by atoms with Crippen LogP contribution in [0.2, 0.25) is 0 Å². The zero-order chi connectivity index (χ0) is 15.9. The third kappa shape index (κ3) is 4.20. The second-order valence-corrected chi connectivity index (χ2v) is 6.00. The van der Waals surface area contributed by atoms with Crippen molar-refractivity contribution in [2.24, 2.45) is 0 Å². The maximum atomic E-state index is 12.6. The van der Waals surface area contributed by atoms with Crippen molar-refractivity contribution in [2.75, 3.05) is 0 Å². The predicted molar refractivity (Wildman–Crippen MR) is 89.7 cm³/mol. The Morgan fingerprint density at radius 2 is 1.78 bits per heavy atom. The second kappa shape index (κ2) is 7.60. The summed E-state index contributed by atoms with van der Waals surface area (Å²) in [6.07, 6.45) is 1.44. The van der Waals surface area contributed by atoms with E-state index in [1.54, 1.807) is 0 Å². The molecule has 116 valence electrons. The Hall–Kier alpha value is -2.60. The van der Waals surface area contributed by atoms with Gasteiger partial charge >= 0.3 is 0 Å². The summed E-state index contributed by atoms with van der Waals surface area (Å²) in [6, 6.07) is 19.5. The normalized spacial score (nSPS) is 11.8. The maximum Gasteiger partial charge on any atom is 0.238 e. The molecule has 0 aliphatic rings. The molecular weight excluding hydrogens is 308 g/mol. The number of thioether (sulfide) groups is 1. The third-order valence-electron chi connectivity index (χ3n) is 3.27. The number of carbonyl (C=O) groups excluding carboxylic acids is 1. The molecule has 1 aromatic heterocycles. The lowest BCUT2D eigenvalue weighted by molar-refractivity contribution is -0.120. The zero-order valence-corrected chi connectivity index (χ0v) is 13.2. The van der Waals surface area contributed by atoms with E-state index in [1.165, 1.54) is 18.1 Å². The average molecular weight is 324 g/mol. The summed E-state index contributed by atoms with van der Waals surface area (Å²) in [5.74, 6) is -0.0542. The van der Waals surface area contributed by atoms with Crippen molar-refractivity contribution in [1.82, 2.24) is 20.5 Å². The van der Waals surface area contributed by atoms with Gasteiger partial charge in [-0.1, -0.05) is 72.4 Å². The van der Waals surface area contributed by atoms with E-state index in [0.29, 0.717) is 11.7 Å². The largest absolute Gasteiger partial charge is 0.351 e. The Kier molecular flexibility index (Phi) is 5.06. The van der Waals surface area contributed by atoms with Crippen LogP contribution in [-0.2, 0) is 11.3 Å². The van der Waals surface area contributed by atoms with Crippen LogP contribution in [0.15, 0.2) is 72.1 Å². The number of aromatic amines is 1. The molecule has 0 spiro atoms. The van der Waals surface area contributed by atoms with Crippen molar-refractivity contribution in [3.05, 3.63) is 78.1 Å². The zero-order valence-electron chi connectivity index (χ0n) is 12.3. The van der Waals surface area contributed by atoms with E-state index in [-0.39, 0.29) is 11.2 Å². The third-order valence-corrected chi connectivity index (χ3v) is 4.41. The molecule has 3 rings (SSSR count). The summed E-state index contributed by atoms with van der Waals surface area (Å²) >= 11 is 1.35. The number of benzene rings is 2. The lowest BCUT2D eigenvalue weighted by Crippen LogP contribution is -2.27. The molecule has 1 atom stereocenters. The fourth-order valence-corrected chi connectivity index (χ4v) is 3.06. The first-order valence-electron chi connectivity index (χ1n) is 7.21. The van der Waals surface area contributed by atoms with Gasteiger partial charge in [-0.2, -0.15) is 5.10 Å². The number of aromatic nitrogens is 3. The average Bonchev–Trinajstić information content (AvgIpc) is 3.12. The topological polar surface area (TPSA) is 70.7 Å². The lowest BCUT2D eigenvalue weighted by Gasteiger charge is -2.15. The monoisotopic (exact) mass is 324 g/mol. The van der Waals surface area contributed by atoms with Gasteiger partial charge in [-0.3, -0.25) is 9.89 Å². The van der Waals surface area contributed by atoms with Gasteiger partial charge < -0.3 is 5.32 Å². The molecule has 23 heavy (non-hydrogen) atoms. The summed E-state index contributed by atoms with van der Waals surface area (Å²) in [7, 11) is 0. The van der Waals surface area contributed by atoms with Crippen LogP contribution in [-0.4, -0.2) is 21.1 Å². The summed E-state index contributed by atoms with van der Waals surface area (Å²) in [4.78, 5) is 16.7. The summed E-state index contributed by atoms with van der Waals surface area (Å²) in [6.45, 7) is 0.500. The fourth-order valence-electron chi connectivity index (χ4n) is 2.14. The number of hydrogen-bond donors (Lipinski definition) is 2. The first kappa shape index (κ1) is 15.3. The van der Waals surface area contributed by atoms with Gasteiger partial charge in [0.15, 0.2) is 5.16 Å². The minimum atomic E-state index is -0.382. The lowest BCUT2D eigenvalue weighted by atomic mass is 10.1. The molecule has 0 saturated carbocycles. The van der Waals surface area contributed by atoms with E-state index in [2.05, 4.69) is 20.5 Å². The SMILES string of the molecule is O=C(NCc1ccccc1)[C@@H](Sc1ncn[nH]1)c1ccccc1. The smallest absolute Gasteiger partial charge is 0.238 e. The molecule has 2 aromatic carbocycles. The number of rotatable bonds is 6. The van der Waals surface area contributed by atoms with Crippen LogP contribution in [0.1, 0.15) is 16.4 Å². The van der Waals surface area contributed by atoms with Crippen LogP contribution in [0, 0.1) is 0 Å². The van der Waals surface area contributed by atoms with E-state index >= 15 is 0 Å². The van der Waals surface area contributed by atoms with Gasteiger partial charge in [-0.15, -0.1) is 0 Å². The van der Waals surface area contributed by atoms with Crippen molar-refractivity contribution in [3.63, 3.8) is 0 Å². The predicted octanol–water partition coefficient (Wildman–Crippen LogP) is 2.95. The molecule has 0 unspecified atom stereocenters. The van der Waals surface area contributed by atoms with E-state index in [0.717, 1.165) is 11.1 Å². The van der Waals surface area contributed by atoms with Gasteiger partial charge in [0.25, 0.3) is 0 Å². The second-order valence-electron chi connectivity index (χ2n) is 4.90. The van der Waals surface area contributed by atoms with Crippen LogP contribution in [0.5, 0.6) is 0 Å². The number of hydrogen-bond acceptors (Lipinski definition) is 4. The van der Waals surface area contributed by atoms with Gasteiger partial charge in [0, 0.05) is 6.54 Å². The molecule has 1 heterocycles. The van der Waals surface area contributed by atoms with Gasteiger partial charge in [-0.25, -0.2) is 4.98 Å². The van der Waals surface area contributed by atoms with Gasteiger partial charge in [-0.05, 0) is 11.1 Å². The van der Waals surface area contributed by atoms with Crippen LogP contribution in [0.25, 0.3) is 0 Å². The maximum absolute atomic E-state index is 12.6. The van der Waals surface area contributed by atoms with Crippen LogP contribution in [0.3, 0.4) is 0 Å². The van der Waals surface area contributed by atoms with Crippen molar-refractivity contribution < 1.29 is 4.79 Å². The van der Waals surface area contributed by atoms with Gasteiger partial charge in [0.05, 0.1) is 0 Å². The van der Waals surface area contributed by atoms with E-state index < -0.39 is 0 Å². The quantitative estimate of drug-likeness (QED) is 0.684. The Bertz CT molecular complexity index is 732. The molecular formula is C17H16N4OS. The number of carbonyl (C=O) groups is 1. The Balaban J connectivity index is 1.73. The van der Waals surface area contributed by atoms with Crippen molar-refractivity contribution >= 4 is 17.7 Å². The summed E-state index contributed by atoms with van der Waals surface area (Å²) in [5.41, 5.74) is 2.00. The molecule has 3 aromatic rings. The van der Waals surface area contributed by atoms with Crippen molar-refractivity contribution in [3.8, 4) is 0 Å². The molecule has 5 nitrogen and oxygen atoms in total. The molecule has 2 N–H and O–H groups in total. The first-order valence-corrected chi connectivity index (χ1v) is 8.09. The highest BCUT2D eigenvalue weighted by atomic mass is 32.2. The molecule has 0 bridgehead atoms. The number of amides is 1. The van der Waals surface area contributed by atoms with Crippen molar-refractivity contribution in [1.29, 1.82) is 0 Å². The summed E-state index contributed by atoms with van der Waals surface area (Å²) in [5, 5.41) is 9.85. The minimum Gasteiger partial charge on any atom is -0.351 e. The van der Waals surface area contributed by atoms with E-state index in [1.807, 2.05) is 60.7 Å². The standard InChI is InChI=1S/C17H16N4OS/c22-16(18-11-13-7-3-1-4-8-13)15(14-9-5-2-6-10-14)23-17-19-12-20-21-17/h1-10,12,15H,11H2,(H,18,22)(H,19,20,21)/t15-/m0/s1. The van der Waals surface area contributed by atoms with Crippen LogP contribution in [0.4, 0.5) is 0 Å². The molecule has 0 aliphatic heterocycles.